The Balaban J connectivity index is 1.97. The third-order valence-electron chi connectivity index (χ3n) is 6.35. The maximum Gasteiger partial charge on any atom is 0.0977 e. The molecule has 3 nitrogen and oxygen atoms in total. The normalized spacial score (nSPS) is 18.3. The molecule has 158 valence electrons. The number of nitrogens with zero attached hydrogens (tertiary/aromatic N) is 1. The Labute approximate surface area is 176 Å². The average molecular weight is 396 g/mol. The van der Waals surface area contributed by atoms with Crippen LogP contribution in [-0.2, 0) is 16.8 Å². The summed E-state index contributed by atoms with van der Waals surface area (Å²) in [6.07, 6.45) is 5.15. The van der Waals surface area contributed by atoms with E-state index < -0.39 is 5.60 Å². The van der Waals surface area contributed by atoms with E-state index in [0.29, 0.717) is 0 Å². The van der Waals surface area contributed by atoms with Crippen LogP contribution in [0.3, 0.4) is 0 Å². The fourth-order valence-electron chi connectivity index (χ4n) is 4.45. The summed E-state index contributed by atoms with van der Waals surface area (Å²) < 4.78 is 5.56. The number of hydrogen-bond acceptors (Lipinski definition) is 3. The minimum Gasteiger partial charge on any atom is -0.384 e. The van der Waals surface area contributed by atoms with Crippen LogP contribution in [0.25, 0.3) is 0 Å². The van der Waals surface area contributed by atoms with Gasteiger partial charge in [-0.1, -0.05) is 87.7 Å². The van der Waals surface area contributed by atoms with Crippen molar-refractivity contribution < 1.29 is 9.84 Å². The van der Waals surface area contributed by atoms with Gasteiger partial charge in [0, 0.05) is 25.6 Å². The first-order valence-electron chi connectivity index (χ1n) is 11.3. The molecule has 0 spiro atoms. The SMILES string of the molecule is CCCCCC(O)(c1ccc(CC)cc1)C(CN1CCOCC1)c1ccccc1. The Bertz CT molecular complexity index is 709. The van der Waals surface area contributed by atoms with Crippen molar-refractivity contribution in [3.8, 4) is 0 Å². The maximum atomic E-state index is 12.3. The van der Waals surface area contributed by atoms with E-state index in [1.165, 1.54) is 11.1 Å². The van der Waals surface area contributed by atoms with Gasteiger partial charge in [-0.05, 0) is 29.5 Å². The molecule has 1 N–H and O–H groups in total. The number of aliphatic hydroxyl groups is 1. The summed E-state index contributed by atoms with van der Waals surface area (Å²) in [5.41, 5.74) is 2.71. The molecule has 0 radical (unpaired) electrons. The van der Waals surface area contributed by atoms with E-state index in [1.54, 1.807) is 0 Å². The molecule has 2 unspecified atom stereocenters. The first kappa shape index (κ1) is 22.0. The molecule has 1 saturated heterocycles. The van der Waals surface area contributed by atoms with E-state index >= 15 is 0 Å². The molecule has 1 heterocycles. The van der Waals surface area contributed by atoms with Gasteiger partial charge in [0.05, 0.1) is 18.8 Å². The molecule has 3 heteroatoms. The number of rotatable bonds is 10. The monoisotopic (exact) mass is 395 g/mol. The van der Waals surface area contributed by atoms with Crippen LogP contribution < -0.4 is 0 Å². The fourth-order valence-corrected chi connectivity index (χ4v) is 4.45. The lowest BCUT2D eigenvalue weighted by molar-refractivity contribution is -0.0295. The van der Waals surface area contributed by atoms with Gasteiger partial charge in [-0.2, -0.15) is 0 Å². The van der Waals surface area contributed by atoms with Gasteiger partial charge >= 0.3 is 0 Å². The van der Waals surface area contributed by atoms with Crippen LogP contribution in [0.4, 0.5) is 0 Å². The molecule has 2 aromatic rings. The highest BCUT2D eigenvalue weighted by atomic mass is 16.5. The fraction of sp³-hybridized carbons (Fsp3) is 0.538. The third-order valence-corrected chi connectivity index (χ3v) is 6.35. The zero-order valence-corrected chi connectivity index (χ0v) is 18.1. The number of aryl methyl sites for hydroxylation is 1. The van der Waals surface area contributed by atoms with E-state index in [2.05, 4.69) is 73.3 Å². The van der Waals surface area contributed by atoms with Gasteiger partial charge < -0.3 is 9.84 Å². The van der Waals surface area contributed by atoms with Gasteiger partial charge in [0.2, 0.25) is 0 Å². The van der Waals surface area contributed by atoms with Crippen molar-refractivity contribution in [3.05, 3.63) is 71.3 Å². The highest BCUT2D eigenvalue weighted by Crippen LogP contribution is 2.42. The van der Waals surface area contributed by atoms with Crippen molar-refractivity contribution >= 4 is 0 Å². The summed E-state index contributed by atoms with van der Waals surface area (Å²) in [4.78, 5) is 2.45. The molecule has 0 saturated carbocycles. The highest BCUT2D eigenvalue weighted by molar-refractivity contribution is 5.33. The number of unbranched alkanes of at least 4 members (excludes halogenated alkanes) is 2. The van der Waals surface area contributed by atoms with Crippen molar-refractivity contribution in [1.82, 2.24) is 4.90 Å². The van der Waals surface area contributed by atoms with Crippen LogP contribution in [0.1, 0.15) is 62.1 Å². The van der Waals surface area contributed by atoms with Crippen molar-refractivity contribution in [1.29, 1.82) is 0 Å². The van der Waals surface area contributed by atoms with Crippen LogP contribution in [0.5, 0.6) is 0 Å². The second kappa shape index (κ2) is 10.9. The van der Waals surface area contributed by atoms with Gasteiger partial charge in [-0.15, -0.1) is 0 Å². The van der Waals surface area contributed by atoms with Crippen LogP contribution in [0.2, 0.25) is 0 Å². The highest BCUT2D eigenvalue weighted by Gasteiger charge is 2.40. The van der Waals surface area contributed by atoms with Gasteiger partial charge in [-0.25, -0.2) is 0 Å². The lowest BCUT2D eigenvalue weighted by Gasteiger charge is -2.41. The second-order valence-electron chi connectivity index (χ2n) is 8.31. The summed E-state index contributed by atoms with van der Waals surface area (Å²) >= 11 is 0. The zero-order chi connectivity index (χ0) is 20.5. The molecule has 1 fully saturated rings. The molecule has 2 atom stereocenters. The molecule has 0 amide bonds. The van der Waals surface area contributed by atoms with E-state index in [9.17, 15) is 5.11 Å². The summed E-state index contributed by atoms with van der Waals surface area (Å²) in [5.74, 6) is 0.0335. The molecule has 0 bridgehead atoms. The first-order valence-corrected chi connectivity index (χ1v) is 11.3. The van der Waals surface area contributed by atoms with Crippen LogP contribution >= 0.6 is 0 Å². The van der Waals surface area contributed by atoms with Crippen molar-refractivity contribution in [2.45, 2.75) is 57.5 Å². The molecule has 1 aliphatic rings. The van der Waals surface area contributed by atoms with E-state index in [0.717, 1.165) is 70.5 Å². The molecular formula is C26H37NO2. The third kappa shape index (κ3) is 5.69. The first-order chi connectivity index (χ1) is 14.2. The molecule has 0 aromatic heterocycles. The zero-order valence-electron chi connectivity index (χ0n) is 18.1. The average Bonchev–Trinajstić information content (AvgIpc) is 2.79. The van der Waals surface area contributed by atoms with E-state index in [1.807, 2.05) is 0 Å². The Hall–Kier alpha value is -1.68. The smallest absolute Gasteiger partial charge is 0.0977 e. The Kier molecular flexibility index (Phi) is 8.29. The number of hydrogen-bond donors (Lipinski definition) is 1. The topological polar surface area (TPSA) is 32.7 Å². The van der Waals surface area contributed by atoms with Gasteiger partial charge in [-0.3, -0.25) is 4.90 Å². The van der Waals surface area contributed by atoms with E-state index in [4.69, 9.17) is 4.74 Å². The van der Waals surface area contributed by atoms with Crippen LogP contribution in [0, 0.1) is 0 Å². The summed E-state index contributed by atoms with van der Waals surface area (Å²) in [6, 6.07) is 19.3. The largest absolute Gasteiger partial charge is 0.384 e. The Morgan fingerprint density at radius 3 is 2.28 bits per heavy atom. The van der Waals surface area contributed by atoms with Gasteiger partial charge in [0.1, 0.15) is 0 Å². The minimum atomic E-state index is -0.874. The van der Waals surface area contributed by atoms with E-state index in [-0.39, 0.29) is 5.92 Å². The minimum absolute atomic E-state index is 0.0335. The molecule has 3 rings (SSSR count). The predicted molar refractivity (Wildman–Crippen MR) is 120 cm³/mol. The molecule has 29 heavy (non-hydrogen) atoms. The summed E-state index contributed by atoms with van der Waals surface area (Å²) in [7, 11) is 0. The van der Waals surface area contributed by atoms with Gasteiger partial charge in [0.25, 0.3) is 0 Å². The maximum absolute atomic E-state index is 12.3. The second-order valence-corrected chi connectivity index (χ2v) is 8.31. The number of morpholine rings is 1. The van der Waals surface area contributed by atoms with Crippen LogP contribution in [-0.4, -0.2) is 42.9 Å². The summed E-state index contributed by atoms with van der Waals surface area (Å²) in [5, 5.41) is 12.3. The Morgan fingerprint density at radius 2 is 1.66 bits per heavy atom. The quantitative estimate of drug-likeness (QED) is 0.566. The lowest BCUT2D eigenvalue weighted by Crippen LogP contribution is -2.45. The van der Waals surface area contributed by atoms with Crippen molar-refractivity contribution in [2.24, 2.45) is 0 Å². The van der Waals surface area contributed by atoms with Gasteiger partial charge in [0.15, 0.2) is 0 Å². The molecule has 1 aliphatic heterocycles. The lowest BCUT2D eigenvalue weighted by atomic mass is 9.73. The van der Waals surface area contributed by atoms with Crippen LogP contribution in [0.15, 0.2) is 54.6 Å². The number of benzene rings is 2. The number of ether oxygens (including phenoxy) is 1. The Morgan fingerprint density at radius 1 is 0.966 bits per heavy atom. The molecule has 2 aromatic carbocycles. The van der Waals surface area contributed by atoms with Crippen molar-refractivity contribution in [2.75, 3.05) is 32.8 Å². The summed E-state index contributed by atoms with van der Waals surface area (Å²) in [6.45, 7) is 8.67. The molecular weight excluding hydrogens is 358 g/mol. The molecule has 0 aliphatic carbocycles. The van der Waals surface area contributed by atoms with Crippen molar-refractivity contribution in [3.63, 3.8) is 0 Å². The predicted octanol–water partition coefficient (Wildman–Crippen LogP) is 5.13. The standard InChI is InChI=1S/C26H37NO2/c1-3-5-9-16-26(28,24-14-12-22(4-2)13-15-24)25(23-10-7-6-8-11-23)21-27-17-19-29-20-18-27/h6-8,10-15,25,28H,3-5,9,16-21H2,1-2H3.